The average Bonchev–Trinajstić information content (AvgIpc) is 2.90. The lowest BCUT2D eigenvalue weighted by atomic mass is 9.95. The second-order valence-electron chi connectivity index (χ2n) is 5.68. The maximum absolute atomic E-state index is 11.4. The van der Waals surface area contributed by atoms with Gasteiger partial charge in [0.05, 0.1) is 12.1 Å². The summed E-state index contributed by atoms with van der Waals surface area (Å²) in [6.07, 6.45) is 5.06. The van der Waals surface area contributed by atoms with Crippen LogP contribution in [0.5, 0.6) is 5.75 Å². The Morgan fingerprint density at radius 1 is 1.40 bits per heavy atom. The lowest BCUT2D eigenvalue weighted by Gasteiger charge is -2.25. The summed E-state index contributed by atoms with van der Waals surface area (Å²) in [7, 11) is 1.76. The van der Waals surface area contributed by atoms with Gasteiger partial charge < -0.3 is 15.8 Å². The van der Waals surface area contributed by atoms with Crippen LogP contribution in [0.2, 0.25) is 0 Å². The summed E-state index contributed by atoms with van der Waals surface area (Å²) >= 11 is 0. The van der Waals surface area contributed by atoms with Crippen molar-refractivity contribution in [2.24, 2.45) is 5.73 Å². The van der Waals surface area contributed by atoms with Gasteiger partial charge in [0, 0.05) is 0 Å². The van der Waals surface area contributed by atoms with Crippen LogP contribution in [0, 0.1) is 0 Å². The van der Waals surface area contributed by atoms with Crippen molar-refractivity contribution in [3.63, 3.8) is 0 Å². The number of benzene rings is 1. The molecule has 2 rings (SSSR count). The first-order chi connectivity index (χ1) is 9.55. The summed E-state index contributed by atoms with van der Waals surface area (Å²) in [5, 5.41) is 2.98. The standard InChI is InChI=1S/C16H24N2O2/c1-16(18-2,15(17)19)9-4-10-20-14-8-7-12-5-3-6-13(12)11-14/h7-8,11,18H,3-6,9-10H2,1-2H3,(H2,17,19). The van der Waals surface area contributed by atoms with Gasteiger partial charge in [0.2, 0.25) is 5.91 Å². The number of hydrogen-bond acceptors (Lipinski definition) is 3. The molecule has 0 spiro atoms. The molecule has 3 N–H and O–H groups in total. The van der Waals surface area contributed by atoms with Crippen molar-refractivity contribution < 1.29 is 9.53 Å². The molecule has 0 saturated carbocycles. The van der Waals surface area contributed by atoms with Gasteiger partial charge in [-0.3, -0.25) is 4.79 Å². The molecule has 1 aliphatic rings. The van der Waals surface area contributed by atoms with Crippen LogP contribution in [-0.2, 0) is 17.6 Å². The van der Waals surface area contributed by atoms with E-state index in [2.05, 4.69) is 17.4 Å². The Bertz CT molecular complexity index is 487. The van der Waals surface area contributed by atoms with Crippen LogP contribution in [-0.4, -0.2) is 25.1 Å². The lowest BCUT2D eigenvalue weighted by molar-refractivity contribution is -0.123. The van der Waals surface area contributed by atoms with Crippen LogP contribution in [0.15, 0.2) is 18.2 Å². The molecule has 0 saturated heterocycles. The highest BCUT2D eigenvalue weighted by Gasteiger charge is 2.28. The molecule has 0 fully saturated rings. The van der Waals surface area contributed by atoms with E-state index in [-0.39, 0.29) is 5.91 Å². The topological polar surface area (TPSA) is 64.3 Å². The number of amides is 1. The highest BCUT2D eigenvalue weighted by Crippen LogP contribution is 2.26. The number of likely N-dealkylation sites (N-methyl/N-ethyl adjacent to an activating group) is 1. The van der Waals surface area contributed by atoms with Crippen molar-refractivity contribution in [2.75, 3.05) is 13.7 Å². The van der Waals surface area contributed by atoms with Gasteiger partial charge in [-0.2, -0.15) is 0 Å². The van der Waals surface area contributed by atoms with Crippen LogP contribution in [0.25, 0.3) is 0 Å². The van der Waals surface area contributed by atoms with E-state index < -0.39 is 5.54 Å². The van der Waals surface area contributed by atoms with E-state index in [9.17, 15) is 4.79 Å². The highest BCUT2D eigenvalue weighted by atomic mass is 16.5. The molecule has 0 bridgehead atoms. The number of rotatable bonds is 7. The monoisotopic (exact) mass is 276 g/mol. The van der Waals surface area contributed by atoms with Crippen molar-refractivity contribution in [1.82, 2.24) is 5.32 Å². The fourth-order valence-corrected chi connectivity index (χ4v) is 2.63. The minimum absolute atomic E-state index is 0.322. The molecule has 0 heterocycles. The van der Waals surface area contributed by atoms with E-state index in [1.807, 2.05) is 13.0 Å². The van der Waals surface area contributed by atoms with Crippen molar-refractivity contribution >= 4 is 5.91 Å². The van der Waals surface area contributed by atoms with Gasteiger partial charge in [-0.15, -0.1) is 0 Å². The third-order valence-electron chi connectivity index (χ3n) is 4.26. The van der Waals surface area contributed by atoms with E-state index in [1.165, 1.54) is 24.0 Å². The fraction of sp³-hybridized carbons (Fsp3) is 0.562. The number of aryl methyl sites for hydroxylation is 2. The number of carbonyl (C=O) groups excluding carboxylic acids is 1. The second kappa shape index (κ2) is 6.27. The maximum atomic E-state index is 11.4. The predicted molar refractivity (Wildman–Crippen MR) is 79.9 cm³/mol. The second-order valence-corrected chi connectivity index (χ2v) is 5.68. The molecule has 20 heavy (non-hydrogen) atoms. The van der Waals surface area contributed by atoms with Crippen molar-refractivity contribution in [2.45, 2.75) is 44.6 Å². The molecule has 0 radical (unpaired) electrons. The molecule has 1 aromatic rings. The summed E-state index contributed by atoms with van der Waals surface area (Å²) in [5.74, 6) is 0.605. The van der Waals surface area contributed by atoms with Crippen LogP contribution in [0.3, 0.4) is 0 Å². The SMILES string of the molecule is CNC(C)(CCCOc1ccc2c(c1)CCC2)C(N)=O. The van der Waals surface area contributed by atoms with Crippen LogP contribution in [0.4, 0.5) is 0 Å². The van der Waals surface area contributed by atoms with Gasteiger partial charge in [-0.1, -0.05) is 6.07 Å². The molecule has 1 amide bonds. The molecule has 0 aromatic heterocycles. The van der Waals surface area contributed by atoms with E-state index >= 15 is 0 Å². The van der Waals surface area contributed by atoms with Crippen LogP contribution < -0.4 is 15.8 Å². The Kier molecular flexibility index (Phi) is 4.65. The Morgan fingerprint density at radius 2 is 2.15 bits per heavy atom. The Labute approximate surface area is 120 Å². The summed E-state index contributed by atoms with van der Waals surface area (Å²) in [4.78, 5) is 11.4. The smallest absolute Gasteiger partial charge is 0.237 e. The first kappa shape index (κ1) is 14.9. The number of nitrogens with one attached hydrogen (secondary N) is 1. The minimum atomic E-state index is -0.651. The van der Waals surface area contributed by atoms with E-state index in [0.717, 1.165) is 18.6 Å². The average molecular weight is 276 g/mol. The Hall–Kier alpha value is -1.55. The van der Waals surface area contributed by atoms with Crippen molar-refractivity contribution in [3.8, 4) is 5.75 Å². The van der Waals surface area contributed by atoms with E-state index in [1.54, 1.807) is 7.05 Å². The van der Waals surface area contributed by atoms with E-state index in [0.29, 0.717) is 13.0 Å². The molecule has 1 atom stereocenters. The van der Waals surface area contributed by atoms with Gasteiger partial charge >= 0.3 is 0 Å². The summed E-state index contributed by atoms with van der Waals surface area (Å²) in [6.45, 7) is 2.42. The van der Waals surface area contributed by atoms with E-state index in [4.69, 9.17) is 10.5 Å². The molecule has 4 nitrogen and oxygen atoms in total. The minimum Gasteiger partial charge on any atom is -0.494 e. The summed E-state index contributed by atoms with van der Waals surface area (Å²) in [6, 6.07) is 6.35. The number of primary amides is 1. The Morgan fingerprint density at radius 3 is 2.85 bits per heavy atom. The van der Waals surface area contributed by atoms with Gasteiger partial charge in [-0.25, -0.2) is 0 Å². The largest absolute Gasteiger partial charge is 0.494 e. The molecule has 1 aromatic carbocycles. The first-order valence-corrected chi connectivity index (χ1v) is 7.28. The third kappa shape index (κ3) is 3.31. The van der Waals surface area contributed by atoms with Crippen LogP contribution >= 0.6 is 0 Å². The van der Waals surface area contributed by atoms with Gasteiger partial charge in [-0.05, 0) is 69.3 Å². The number of hydrogen-bond donors (Lipinski definition) is 2. The number of fused-ring (bicyclic) bond motifs is 1. The summed E-state index contributed by atoms with van der Waals surface area (Å²) < 4.78 is 5.77. The first-order valence-electron chi connectivity index (χ1n) is 7.28. The Balaban J connectivity index is 1.80. The van der Waals surface area contributed by atoms with Crippen molar-refractivity contribution in [3.05, 3.63) is 29.3 Å². The van der Waals surface area contributed by atoms with Crippen molar-refractivity contribution in [1.29, 1.82) is 0 Å². The third-order valence-corrected chi connectivity index (χ3v) is 4.26. The molecule has 1 aliphatic carbocycles. The molecular weight excluding hydrogens is 252 g/mol. The molecule has 0 aliphatic heterocycles. The highest BCUT2D eigenvalue weighted by molar-refractivity contribution is 5.84. The van der Waals surface area contributed by atoms with Gasteiger partial charge in [0.1, 0.15) is 5.75 Å². The molecule has 1 unspecified atom stereocenters. The summed E-state index contributed by atoms with van der Waals surface area (Å²) in [5.41, 5.74) is 7.61. The predicted octanol–water partition coefficient (Wildman–Crippen LogP) is 1.80. The zero-order valence-electron chi connectivity index (χ0n) is 12.4. The van der Waals surface area contributed by atoms with Gasteiger partial charge in [0.25, 0.3) is 0 Å². The zero-order chi connectivity index (χ0) is 14.6. The van der Waals surface area contributed by atoms with Gasteiger partial charge in [0.15, 0.2) is 0 Å². The number of nitrogens with two attached hydrogens (primary N) is 1. The zero-order valence-corrected chi connectivity index (χ0v) is 12.4. The van der Waals surface area contributed by atoms with Crippen LogP contribution in [0.1, 0.15) is 37.3 Å². The molecular formula is C16H24N2O2. The lowest BCUT2D eigenvalue weighted by Crippen LogP contribution is -2.51. The molecule has 110 valence electrons. The number of carbonyl (C=O) groups is 1. The number of ether oxygens (including phenoxy) is 1. The normalized spacial score (nSPS) is 16.5. The quantitative estimate of drug-likeness (QED) is 0.746. The molecule has 4 heteroatoms. The fourth-order valence-electron chi connectivity index (χ4n) is 2.63. The maximum Gasteiger partial charge on any atom is 0.237 e.